The van der Waals surface area contributed by atoms with E-state index in [2.05, 4.69) is 5.32 Å². The first kappa shape index (κ1) is 17.4. The molecule has 0 fully saturated rings. The molecule has 0 bridgehead atoms. The van der Waals surface area contributed by atoms with Crippen LogP contribution in [-0.4, -0.2) is 25.9 Å². The van der Waals surface area contributed by atoms with Gasteiger partial charge in [-0.2, -0.15) is 8.42 Å². The maximum Gasteiger partial charge on any atom is 0.408 e. The smallest absolute Gasteiger partial charge is 0.408 e. The number of hydrogen-bond acceptors (Lipinski definition) is 4. The lowest BCUT2D eigenvalue weighted by Crippen LogP contribution is -2.37. The number of halogens is 2. The van der Waals surface area contributed by atoms with E-state index in [0.717, 1.165) is 12.1 Å². The van der Waals surface area contributed by atoms with Gasteiger partial charge in [-0.05, 0) is 38.5 Å². The Hall–Kier alpha value is -1.70. The highest BCUT2D eigenvalue weighted by Crippen LogP contribution is 2.18. The summed E-state index contributed by atoms with van der Waals surface area (Å²) in [7, 11) is -4.87. The van der Waals surface area contributed by atoms with Crippen molar-refractivity contribution in [3.63, 3.8) is 0 Å². The molecule has 1 rings (SSSR count). The summed E-state index contributed by atoms with van der Waals surface area (Å²) in [5.74, 6) is -1.63. The number of benzene rings is 1. The first-order valence-corrected chi connectivity index (χ1v) is 7.69. The maximum atomic E-state index is 13.2. The van der Waals surface area contributed by atoms with E-state index in [4.69, 9.17) is 4.74 Å². The van der Waals surface area contributed by atoms with Crippen LogP contribution in [0.15, 0.2) is 24.3 Å². The predicted molar refractivity (Wildman–Crippen MR) is 73.4 cm³/mol. The van der Waals surface area contributed by atoms with Crippen molar-refractivity contribution in [1.82, 2.24) is 5.32 Å². The van der Waals surface area contributed by atoms with Crippen LogP contribution in [0, 0.1) is 5.82 Å². The highest BCUT2D eigenvalue weighted by molar-refractivity contribution is 7.86. The van der Waals surface area contributed by atoms with E-state index in [1.807, 2.05) is 0 Å². The number of carbonyl (C=O) groups is 1. The van der Waals surface area contributed by atoms with Crippen LogP contribution in [0.1, 0.15) is 32.4 Å². The fraction of sp³-hybridized carbons (Fsp3) is 0.462. The molecule has 1 aromatic carbocycles. The summed E-state index contributed by atoms with van der Waals surface area (Å²) in [6.45, 7) is 4.86. The number of hydrogen-bond donors (Lipinski definition) is 1. The molecule has 1 unspecified atom stereocenters. The highest BCUT2D eigenvalue weighted by atomic mass is 32.3. The normalized spacial score (nSPS) is 13.6. The minimum absolute atomic E-state index is 0.127. The second kappa shape index (κ2) is 6.38. The molecule has 0 aliphatic heterocycles. The van der Waals surface area contributed by atoms with Gasteiger partial charge in [0.2, 0.25) is 0 Å². The van der Waals surface area contributed by atoms with Crippen molar-refractivity contribution in [2.24, 2.45) is 0 Å². The zero-order chi connectivity index (χ0) is 16.3. The second-order valence-corrected chi connectivity index (χ2v) is 6.87. The van der Waals surface area contributed by atoms with Crippen molar-refractivity contribution in [1.29, 1.82) is 0 Å². The summed E-state index contributed by atoms with van der Waals surface area (Å²) >= 11 is 0. The lowest BCUT2D eigenvalue weighted by molar-refractivity contribution is 0.0508. The maximum absolute atomic E-state index is 13.2. The van der Waals surface area contributed by atoms with E-state index < -0.39 is 39.5 Å². The molecular formula is C13H17F2NO4S. The fourth-order valence-electron chi connectivity index (χ4n) is 1.59. The van der Waals surface area contributed by atoms with E-state index in [0.29, 0.717) is 0 Å². The van der Waals surface area contributed by atoms with Gasteiger partial charge in [0.15, 0.2) is 0 Å². The number of rotatable bonds is 4. The quantitative estimate of drug-likeness (QED) is 0.866. The van der Waals surface area contributed by atoms with Crippen LogP contribution in [0.3, 0.4) is 0 Å². The topological polar surface area (TPSA) is 72.5 Å². The molecule has 0 aliphatic carbocycles. The lowest BCUT2D eigenvalue weighted by Gasteiger charge is -2.23. The van der Waals surface area contributed by atoms with E-state index in [1.54, 1.807) is 20.8 Å². The van der Waals surface area contributed by atoms with Gasteiger partial charge in [0, 0.05) is 0 Å². The third-order valence-corrected chi connectivity index (χ3v) is 3.04. The summed E-state index contributed by atoms with van der Waals surface area (Å²) in [6.07, 6.45) is -0.916. The minimum atomic E-state index is -4.87. The van der Waals surface area contributed by atoms with Crippen molar-refractivity contribution in [3.8, 4) is 0 Å². The van der Waals surface area contributed by atoms with Gasteiger partial charge >= 0.3 is 16.3 Å². The molecular weight excluding hydrogens is 304 g/mol. The Bertz CT molecular complexity index is 611. The van der Waals surface area contributed by atoms with E-state index in [9.17, 15) is 21.5 Å². The predicted octanol–water partition coefficient (Wildman–Crippen LogP) is 2.69. The van der Waals surface area contributed by atoms with Crippen LogP contribution in [0.5, 0.6) is 0 Å². The van der Waals surface area contributed by atoms with E-state index in [1.165, 1.54) is 12.1 Å². The Balaban J connectivity index is 2.96. The van der Waals surface area contributed by atoms with Crippen LogP contribution >= 0.6 is 0 Å². The summed E-state index contributed by atoms with van der Waals surface area (Å²) < 4.78 is 52.7. The van der Waals surface area contributed by atoms with Gasteiger partial charge in [0.1, 0.15) is 17.2 Å². The molecule has 0 saturated heterocycles. The Kier molecular flexibility index (Phi) is 5.27. The molecule has 21 heavy (non-hydrogen) atoms. The number of ether oxygens (including phenoxy) is 1. The SMILES string of the molecule is CC(C)(C)OC(=O)NC(CS(=O)(=O)F)c1cccc(F)c1. The van der Waals surface area contributed by atoms with Gasteiger partial charge in [-0.1, -0.05) is 12.1 Å². The highest BCUT2D eigenvalue weighted by Gasteiger charge is 2.25. The summed E-state index contributed by atoms with van der Waals surface area (Å²) in [5.41, 5.74) is -0.674. The van der Waals surface area contributed by atoms with Crippen LogP contribution in [-0.2, 0) is 15.0 Å². The van der Waals surface area contributed by atoms with Gasteiger partial charge in [-0.25, -0.2) is 9.18 Å². The zero-order valence-corrected chi connectivity index (χ0v) is 12.7. The van der Waals surface area contributed by atoms with E-state index in [-0.39, 0.29) is 5.56 Å². The van der Waals surface area contributed by atoms with Crippen molar-refractivity contribution in [2.45, 2.75) is 32.4 Å². The molecule has 118 valence electrons. The summed E-state index contributed by atoms with van der Waals surface area (Å²) in [6, 6.07) is 3.64. The molecule has 1 atom stereocenters. The standard InChI is InChI=1S/C13H17F2NO4S/c1-13(2,3)20-12(17)16-11(8-21(15,18)19)9-5-4-6-10(14)7-9/h4-7,11H,8H2,1-3H3,(H,16,17). The summed E-state index contributed by atoms with van der Waals surface area (Å²) in [5, 5.41) is 2.23. The fourth-order valence-corrected chi connectivity index (χ4v) is 2.27. The third kappa shape index (κ3) is 7.03. The number of alkyl carbamates (subject to hydrolysis) is 1. The van der Waals surface area contributed by atoms with Gasteiger partial charge in [-0.3, -0.25) is 0 Å². The van der Waals surface area contributed by atoms with E-state index >= 15 is 0 Å². The molecule has 0 aromatic heterocycles. The first-order chi connectivity index (χ1) is 9.46. The molecule has 0 aliphatic rings. The number of carbonyl (C=O) groups excluding carboxylic acids is 1. The summed E-state index contributed by atoms with van der Waals surface area (Å²) in [4.78, 5) is 11.7. The molecule has 1 N–H and O–H groups in total. The Morgan fingerprint density at radius 3 is 2.48 bits per heavy atom. The lowest BCUT2D eigenvalue weighted by atomic mass is 10.1. The average molecular weight is 321 g/mol. The molecule has 1 aromatic rings. The van der Waals surface area contributed by atoms with Crippen LogP contribution in [0.25, 0.3) is 0 Å². The van der Waals surface area contributed by atoms with Crippen molar-refractivity contribution >= 4 is 16.3 Å². The monoisotopic (exact) mass is 321 g/mol. The van der Waals surface area contributed by atoms with Crippen LogP contribution in [0.4, 0.5) is 13.1 Å². The van der Waals surface area contributed by atoms with Crippen molar-refractivity contribution in [3.05, 3.63) is 35.6 Å². The zero-order valence-electron chi connectivity index (χ0n) is 11.9. The molecule has 0 radical (unpaired) electrons. The van der Waals surface area contributed by atoms with Crippen LogP contribution in [0.2, 0.25) is 0 Å². The van der Waals surface area contributed by atoms with Crippen LogP contribution < -0.4 is 5.32 Å². The molecule has 0 saturated carbocycles. The van der Waals surface area contributed by atoms with Crippen molar-refractivity contribution in [2.75, 3.05) is 5.75 Å². The Morgan fingerprint density at radius 2 is 2.00 bits per heavy atom. The molecule has 0 heterocycles. The largest absolute Gasteiger partial charge is 0.444 e. The molecule has 8 heteroatoms. The second-order valence-electron chi connectivity index (χ2n) is 5.46. The minimum Gasteiger partial charge on any atom is -0.444 e. The van der Waals surface area contributed by atoms with Gasteiger partial charge in [0.05, 0.1) is 6.04 Å². The number of nitrogens with one attached hydrogen (secondary N) is 1. The molecule has 0 spiro atoms. The van der Waals surface area contributed by atoms with Gasteiger partial charge in [0.25, 0.3) is 0 Å². The molecule has 1 amide bonds. The first-order valence-electron chi connectivity index (χ1n) is 6.13. The van der Waals surface area contributed by atoms with Gasteiger partial charge in [-0.15, -0.1) is 3.89 Å². The average Bonchev–Trinajstić information content (AvgIpc) is 2.23. The third-order valence-electron chi connectivity index (χ3n) is 2.31. The number of amides is 1. The van der Waals surface area contributed by atoms with Crippen molar-refractivity contribution < 1.29 is 26.2 Å². The van der Waals surface area contributed by atoms with Gasteiger partial charge < -0.3 is 10.1 Å². The molecule has 5 nitrogen and oxygen atoms in total. The Morgan fingerprint density at radius 1 is 1.38 bits per heavy atom. The Labute approximate surface area is 122 Å².